The zero-order chi connectivity index (χ0) is 20.8. The van der Waals surface area contributed by atoms with Crippen LogP contribution in [0.3, 0.4) is 0 Å². The van der Waals surface area contributed by atoms with Crippen LogP contribution in [0, 0.1) is 0 Å². The van der Waals surface area contributed by atoms with Crippen molar-refractivity contribution in [1.29, 1.82) is 0 Å². The Hall–Kier alpha value is -4.44. The summed E-state index contributed by atoms with van der Waals surface area (Å²) in [7, 11) is 0. The number of rotatable bonds is 1. The molecule has 0 bridgehead atoms. The van der Waals surface area contributed by atoms with E-state index in [4.69, 9.17) is 19.9 Å². The van der Waals surface area contributed by atoms with E-state index in [0.717, 1.165) is 32.8 Å². The van der Waals surface area contributed by atoms with Crippen LogP contribution in [0.2, 0.25) is 0 Å². The van der Waals surface area contributed by atoms with Crippen LogP contribution in [0.25, 0.3) is 76.8 Å². The second-order valence-corrected chi connectivity index (χ2v) is 8.34. The number of benzene rings is 6. The molecule has 8 rings (SSSR count). The molecular weight excluding hydrogens is 392 g/mol. The number of nitrogens with zero attached hydrogens (tertiary/aromatic N) is 4. The average Bonchev–Trinajstić information content (AvgIpc) is 2.85. The van der Waals surface area contributed by atoms with Gasteiger partial charge >= 0.3 is 0 Å². The van der Waals surface area contributed by atoms with Crippen molar-refractivity contribution in [2.45, 2.75) is 0 Å². The molecule has 0 radical (unpaired) electrons. The molecule has 0 fully saturated rings. The van der Waals surface area contributed by atoms with Crippen LogP contribution in [-0.2, 0) is 0 Å². The Balaban J connectivity index is 1.46. The first-order valence-electron chi connectivity index (χ1n) is 10.7. The van der Waals surface area contributed by atoms with E-state index >= 15 is 0 Å². The van der Waals surface area contributed by atoms with Crippen molar-refractivity contribution in [3.63, 3.8) is 0 Å². The maximum absolute atomic E-state index is 4.90. The van der Waals surface area contributed by atoms with Crippen molar-refractivity contribution in [3.8, 4) is 11.6 Å². The van der Waals surface area contributed by atoms with Gasteiger partial charge in [0.1, 0.15) is 0 Å². The van der Waals surface area contributed by atoms with Gasteiger partial charge in [0.25, 0.3) is 0 Å². The largest absolute Gasteiger partial charge is 0.225 e. The molecule has 0 amide bonds. The van der Waals surface area contributed by atoms with E-state index in [1.165, 1.54) is 32.3 Å². The number of hydrogen-bond donors (Lipinski definition) is 0. The van der Waals surface area contributed by atoms with Gasteiger partial charge in [-0.2, -0.15) is 0 Å². The van der Waals surface area contributed by atoms with Gasteiger partial charge in [0.2, 0.25) is 0 Å². The van der Waals surface area contributed by atoms with Gasteiger partial charge in [-0.25, -0.2) is 19.9 Å². The van der Waals surface area contributed by atoms with Gasteiger partial charge in [0, 0.05) is 21.5 Å². The van der Waals surface area contributed by atoms with Crippen LogP contribution in [0.15, 0.2) is 84.9 Å². The van der Waals surface area contributed by atoms with Gasteiger partial charge in [0.05, 0.1) is 22.1 Å². The van der Waals surface area contributed by atoms with Crippen molar-refractivity contribution in [1.82, 2.24) is 19.9 Å². The van der Waals surface area contributed by atoms with Gasteiger partial charge in [-0.05, 0) is 45.8 Å². The van der Waals surface area contributed by atoms with E-state index in [1.807, 2.05) is 0 Å². The lowest BCUT2D eigenvalue weighted by atomic mass is 9.98. The van der Waals surface area contributed by atoms with Crippen LogP contribution >= 0.6 is 0 Å². The summed E-state index contributed by atoms with van der Waals surface area (Å²) in [5.74, 6) is 1.11. The average molecular weight is 406 g/mol. The number of aromatic nitrogens is 4. The lowest BCUT2D eigenvalue weighted by molar-refractivity contribution is 1.16. The van der Waals surface area contributed by atoms with E-state index in [0.29, 0.717) is 11.6 Å². The quantitative estimate of drug-likeness (QED) is 0.284. The molecule has 2 heterocycles. The summed E-state index contributed by atoms with van der Waals surface area (Å²) in [5, 5.41) is 9.44. The van der Waals surface area contributed by atoms with Crippen molar-refractivity contribution in [2.24, 2.45) is 0 Å². The third-order valence-corrected chi connectivity index (χ3v) is 6.57. The van der Waals surface area contributed by atoms with Crippen LogP contribution in [0.1, 0.15) is 0 Å². The van der Waals surface area contributed by atoms with E-state index in [1.54, 1.807) is 0 Å². The molecule has 32 heavy (non-hydrogen) atoms. The molecule has 4 nitrogen and oxygen atoms in total. The molecule has 0 N–H and O–H groups in total. The van der Waals surface area contributed by atoms with Gasteiger partial charge in [-0.1, -0.05) is 60.7 Å². The van der Waals surface area contributed by atoms with Crippen molar-refractivity contribution >= 4 is 65.2 Å². The fraction of sp³-hybridized carbons (Fsp3) is 0. The van der Waals surface area contributed by atoms with Crippen LogP contribution in [-0.4, -0.2) is 19.9 Å². The maximum atomic E-state index is 4.90. The summed E-state index contributed by atoms with van der Waals surface area (Å²) in [5.41, 5.74) is 3.68. The first kappa shape index (κ1) is 16.3. The van der Waals surface area contributed by atoms with Crippen LogP contribution < -0.4 is 0 Å². The van der Waals surface area contributed by atoms with Crippen LogP contribution in [0.5, 0.6) is 0 Å². The minimum absolute atomic E-state index is 0.557. The fourth-order valence-corrected chi connectivity index (χ4v) is 5.17. The summed E-state index contributed by atoms with van der Waals surface area (Å²) in [4.78, 5) is 19.6. The molecular formula is C28H14N4. The van der Waals surface area contributed by atoms with Gasteiger partial charge in [-0.15, -0.1) is 0 Å². The summed E-state index contributed by atoms with van der Waals surface area (Å²) in [6.45, 7) is 0. The van der Waals surface area contributed by atoms with Crippen molar-refractivity contribution in [2.75, 3.05) is 0 Å². The lowest BCUT2D eigenvalue weighted by Crippen LogP contribution is -1.99. The molecule has 0 spiro atoms. The maximum Gasteiger partial charge on any atom is 0.198 e. The van der Waals surface area contributed by atoms with E-state index in [2.05, 4.69) is 84.9 Å². The molecule has 0 unspecified atom stereocenters. The Morgan fingerprint density at radius 3 is 0.938 bits per heavy atom. The molecule has 0 aliphatic rings. The Morgan fingerprint density at radius 1 is 0.312 bits per heavy atom. The van der Waals surface area contributed by atoms with Gasteiger partial charge < -0.3 is 0 Å². The second kappa shape index (κ2) is 5.62. The molecule has 0 aliphatic heterocycles. The highest BCUT2D eigenvalue weighted by Gasteiger charge is 2.16. The highest BCUT2D eigenvalue weighted by atomic mass is 15.0. The Bertz CT molecular complexity index is 1720. The molecule has 4 heteroatoms. The topological polar surface area (TPSA) is 51.6 Å². The normalized spacial score (nSPS) is 12.4. The van der Waals surface area contributed by atoms with Crippen LogP contribution in [0.4, 0.5) is 0 Å². The zero-order valence-electron chi connectivity index (χ0n) is 16.9. The highest BCUT2D eigenvalue weighted by molar-refractivity contribution is 6.22. The Morgan fingerprint density at radius 2 is 0.625 bits per heavy atom. The fourth-order valence-electron chi connectivity index (χ4n) is 5.17. The van der Waals surface area contributed by atoms with E-state index in [9.17, 15) is 0 Å². The molecule has 0 saturated carbocycles. The highest BCUT2D eigenvalue weighted by Crippen LogP contribution is 2.36. The summed E-state index contributed by atoms with van der Waals surface area (Å²) >= 11 is 0. The Labute approximate surface area is 181 Å². The van der Waals surface area contributed by atoms with E-state index < -0.39 is 0 Å². The first-order valence-corrected chi connectivity index (χ1v) is 10.7. The van der Waals surface area contributed by atoms with E-state index in [-0.39, 0.29) is 0 Å². The minimum atomic E-state index is 0.557. The van der Waals surface area contributed by atoms with Gasteiger partial charge in [-0.3, -0.25) is 0 Å². The lowest BCUT2D eigenvalue weighted by Gasteiger charge is -2.12. The molecule has 0 saturated heterocycles. The first-order chi connectivity index (χ1) is 15.8. The van der Waals surface area contributed by atoms with Crippen molar-refractivity contribution < 1.29 is 0 Å². The Kier molecular flexibility index (Phi) is 2.86. The summed E-state index contributed by atoms with van der Waals surface area (Å²) < 4.78 is 0. The smallest absolute Gasteiger partial charge is 0.198 e. The summed E-state index contributed by atoms with van der Waals surface area (Å²) in [6.07, 6.45) is 0. The van der Waals surface area contributed by atoms with Crippen molar-refractivity contribution in [3.05, 3.63) is 84.9 Å². The standard InChI is InChI=1S/C28H14N4/c1-3-15-7-11-19-25-20(12-8-16(4-1)23(15)25)30-27(29-19)28-31-21-13-9-17-5-2-6-18-10-14-22(32-28)26(21)24(17)18/h1-14H. The predicted octanol–water partition coefficient (Wildman–Crippen LogP) is 6.73. The number of hydrogen-bond acceptors (Lipinski definition) is 4. The molecule has 2 aromatic heterocycles. The molecule has 146 valence electrons. The SMILES string of the molecule is c1cc2ccc3nc(-c4nc5ccc6cccc7ccc(n4)c5c67)nc4ccc(c1)c2c34. The molecule has 6 aromatic carbocycles. The molecule has 0 aliphatic carbocycles. The molecule has 8 aromatic rings. The minimum Gasteiger partial charge on any atom is -0.225 e. The predicted molar refractivity (Wildman–Crippen MR) is 130 cm³/mol. The molecule has 0 atom stereocenters. The monoisotopic (exact) mass is 406 g/mol. The third kappa shape index (κ3) is 2.01. The summed E-state index contributed by atoms with van der Waals surface area (Å²) in [6, 6.07) is 29.5. The third-order valence-electron chi connectivity index (χ3n) is 6.57. The second-order valence-electron chi connectivity index (χ2n) is 8.34. The van der Waals surface area contributed by atoms with Gasteiger partial charge in [0.15, 0.2) is 11.6 Å². The zero-order valence-corrected chi connectivity index (χ0v) is 16.9.